The second-order valence-electron chi connectivity index (χ2n) is 8.15. The summed E-state index contributed by atoms with van der Waals surface area (Å²) in [6.07, 6.45) is 0. The van der Waals surface area contributed by atoms with Crippen molar-refractivity contribution in [2.24, 2.45) is 0 Å². The molecule has 0 spiro atoms. The lowest BCUT2D eigenvalue weighted by molar-refractivity contribution is 0.102. The van der Waals surface area contributed by atoms with Gasteiger partial charge in [0, 0.05) is 44.0 Å². The summed E-state index contributed by atoms with van der Waals surface area (Å²) < 4.78 is 40.6. The number of carbonyl (C=O) groups excluding carboxylic acids is 1. The number of aryl methyl sites for hydroxylation is 1. The Labute approximate surface area is 193 Å². The van der Waals surface area contributed by atoms with Crippen LogP contribution in [0.2, 0.25) is 0 Å². The number of amides is 1. The molecular weight excluding hydrogens is 441 g/mol. The quantitative estimate of drug-likeness (QED) is 0.597. The standard InChI is InChI=1S/C25H26FN3O3S/c1-19-5-11-24(12-6-19)33(31,32)29-15-13-28(14-16-29)18-20-7-9-21(10-8-20)25(30)27-23-4-2-3-22(26)17-23/h2-12,17H,13-16,18H2,1H3,(H,27,30). The molecule has 1 fully saturated rings. The molecule has 172 valence electrons. The molecule has 0 unspecified atom stereocenters. The van der Waals surface area contributed by atoms with Gasteiger partial charge in [-0.1, -0.05) is 35.9 Å². The van der Waals surface area contributed by atoms with Crippen LogP contribution in [0.15, 0.2) is 77.7 Å². The molecule has 0 radical (unpaired) electrons. The number of sulfonamides is 1. The van der Waals surface area contributed by atoms with Crippen LogP contribution in [0, 0.1) is 12.7 Å². The van der Waals surface area contributed by atoms with Gasteiger partial charge in [0.15, 0.2) is 0 Å². The first-order chi connectivity index (χ1) is 15.8. The van der Waals surface area contributed by atoms with E-state index in [1.807, 2.05) is 31.2 Å². The zero-order valence-electron chi connectivity index (χ0n) is 18.4. The van der Waals surface area contributed by atoms with E-state index < -0.39 is 15.8 Å². The normalized spacial score (nSPS) is 15.3. The third-order valence-electron chi connectivity index (χ3n) is 5.69. The van der Waals surface area contributed by atoms with Gasteiger partial charge in [-0.2, -0.15) is 4.31 Å². The van der Waals surface area contributed by atoms with Crippen LogP contribution in [0.1, 0.15) is 21.5 Å². The highest BCUT2D eigenvalue weighted by Crippen LogP contribution is 2.19. The summed E-state index contributed by atoms with van der Waals surface area (Å²) in [5, 5.41) is 2.68. The van der Waals surface area contributed by atoms with Crippen LogP contribution in [0.5, 0.6) is 0 Å². The van der Waals surface area contributed by atoms with Gasteiger partial charge in [-0.15, -0.1) is 0 Å². The molecular formula is C25H26FN3O3S. The number of piperazine rings is 1. The van der Waals surface area contributed by atoms with E-state index in [9.17, 15) is 17.6 Å². The van der Waals surface area contributed by atoms with Gasteiger partial charge >= 0.3 is 0 Å². The van der Waals surface area contributed by atoms with Gasteiger partial charge in [0.25, 0.3) is 5.91 Å². The van der Waals surface area contributed by atoms with E-state index in [1.165, 1.54) is 16.4 Å². The van der Waals surface area contributed by atoms with Gasteiger partial charge in [-0.05, 0) is 55.0 Å². The van der Waals surface area contributed by atoms with E-state index in [-0.39, 0.29) is 5.91 Å². The molecule has 0 saturated carbocycles. The molecule has 1 aliphatic heterocycles. The summed E-state index contributed by atoms with van der Waals surface area (Å²) in [6.45, 7) is 4.73. The Morgan fingerprint density at radius 3 is 2.24 bits per heavy atom. The van der Waals surface area contributed by atoms with Crippen LogP contribution in [0.25, 0.3) is 0 Å². The number of nitrogens with zero attached hydrogens (tertiary/aromatic N) is 2. The number of benzene rings is 3. The number of rotatable bonds is 6. The van der Waals surface area contributed by atoms with E-state index in [4.69, 9.17) is 0 Å². The maximum absolute atomic E-state index is 13.3. The Morgan fingerprint density at radius 1 is 0.939 bits per heavy atom. The van der Waals surface area contributed by atoms with Crippen LogP contribution in [-0.2, 0) is 16.6 Å². The summed E-state index contributed by atoms with van der Waals surface area (Å²) in [6, 6.07) is 19.9. The van der Waals surface area contributed by atoms with E-state index in [2.05, 4.69) is 10.2 Å². The van der Waals surface area contributed by atoms with Crippen molar-refractivity contribution in [2.45, 2.75) is 18.4 Å². The molecule has 0 aromatic heterocycles. The van der Waals surface area contributed by atoms with Crippen LogP contribution >= 0.6 is 0 Å². The largest absolute Gasteiger partial charge is 0.322 e. The Hall–Kier alpha value is -3.07. The lowest BCUT2D eigenvalue weighted by atomic mass is 10.1. The first-order valence-corrected chi connectivity index (χ1v) is 12.2. The first kappa shape index (κ1) is 23.1. The van der Waals surface area contributed by atoms with Crippen LogP contribution in [0.4, 0.5) is 10.1 Å². The van der Waals surface area contributed by atoms with E-state index in [1.54, 1.807) is 36.4 Å². The summed E-state index contributed by atoms with van der Waals surface area (Å²) >= 11 is 0. The maximum atomic E-state index is 13.3. The van der Waals surface area contributed by atoms with Gasteiger partial charge in [0.05, 0.1) is 4.90 Å². The monoisotopic (exact) mass is 467 g/mol. The van der Waals surface area contributed by atoms with E-state index in [0.717, 1.165) is 11.1 Å². The third kappa shape index (κ3) is 5.65. The second-order valence-corrected chi connectivity index (χ2v) is 10.1. The molecule has 1 amide bonds. The average Bonchev–Trinajstić information content (AvgIpc) is 2.80. The van der Waals surface area contributed by atoms with Gasteiger partial charge in [-0.3, -0.25) is 9.69 Å². The Kier molecular flexibility index (Phi) is 6.88. The number of hydrogen-bond acceptors (Lipinski definition) is 4. The third-order valence-corrected chi connectivity index (χ3v) is 7.61. The number of carbonyl (C=O) groups is 1. The molecule has 1 N–H and O–H groups in total. The molecule has 3 aromatic rings. The Bertz CT molecular complexity index is 1220. The van der Waals surface area contributed by atoms with E-state index >= 15 is 0 Å². The highest BCUT2D eigenvalue weighted by Gasteiger charge is 2.28. The molecule has 1 heterocycles. The Morgan fingerprint density at radius 2 is 1.61 bits per heavy atom. The zero-order valence-corrected chi connectivity index (χ0v) is 19.2. The molecule has 33 heavy (non-hydrogen) atoms. The molecule has 3 aromatic carbocycles. The van der Waals surface area contributed by atoms with Crippen molar-refractivity contribution in [1.29, 1.82) is 0 Å². The predicted molar refractivity (Wildman–Crippen MR) is 126 cm³/mol. The van der Waals surface area contributed by atoms with Gasteiger partial charge in [0.1, 0.15) is 5.82 Å². The average molecular weight is 468 g/mol. The van der Waals surface area contributed by atoms with Crippen molar-refractivity contribution >= 4 is 21.6 Å². The topological polar surface area (TPSA) is 69.7 Å². The molecule has 8 heteroatoms. The number of anilines is 1. The maximum Gasteiger partial charge on any atom is 0.255 e. The fourth-order valence-electron chi connectivity index (χ4n) is 3.78. The Balaban J connectivity index is 1.31. The van der Waals surface area contributed by atoms with Crippen molar-refractivity contribution < 1.29 is 17.6 Å². The minimum absolute atomic E-state index is 0.304. The molecule has 0 bridgehead atoms. The minimum atomic E-state index is -3.48. The summed E-state index contributed by atoms with van der Waals surface area (Å²) in [5.74, 6) is -0.711. The van der Waals surface area contributed by atoms with Crippen molar-refractivity contribution in [3.63, 3.8) is 0 Å². The van der Waals surface area contributed by atoms with Crippen molar-refractivity contribution in [3.05, 3.63) is 95.3 Å². The minimum Gasteiger partial charge on any atom is -0.322 e. The summed E-state index contributed by atoms with van der Waals surface area (Å²) in [5.41, 5.74) is 2.95. The van der Waals surface area contributed by atoms with Crippen LogP contribution in [0.3, 0.4) is 0 Å². The van der Waals surface area contributed by atoms with Crippen molar-refractivity contribution in [1.82, 2.24) is 9.21 Å². The molecule has 0 atom stereocenters. The van der Waals surface area contributed by atoms with Crippen LogP contribution in [-0.4, -0.2) is 49.7 Å². The van der Waals surface area contributed by atoms with Crippen molar-refractivity contribution in [2.75, 3.05) is 31.5 Å². The van der Waals surface area contributed by atoms with Gasteiger partial charge in [0.2, 0.25) is 10.0 Å². The summed E-state index contributed by atoms with van der Waals surface area (Å²) in [4.78, 5) is 14.9. The lowest BCUT2D eigenvalue weighted by Crippen LogP contribution is -2.48. The molecule has 1 saturated heterocycles. The number of hydrogen-bond donors (Lipinski definition) is 1. The van der Waals surface area contributed by atoms with Gasteiger partial charge in [-0.25, -0.2) is 12.8 Å². The SMILES string of the molecule is Cc1ccc(S(=O)(=O)N2CCN(Cc3ccc(C(=O)Nc4cccc(F)c4)cc3)CC2)cc1. The van der Waals surface area contributed by atoms with Crippen molar-refractivity contribution in [3.8, 4) is 0 Å². The molecule has 0 aliphatic carbocycles. The smallest absolute Gasteiger partial charge is 0.255 e. The molecule has 6 nitrogen and oxygen atoms in total. The predicted octanol–water partition coefficient (Wildman–Crippen LogP) is 3.89. The van der Waals surface area contributed by atoms with Gasteiger partial charge < -0.3 is 5.32 Å². The second kappa shape index (κ2) is 9.82. The van der Waals surface area contributed by atoms with E-state index in [0.29, 0.717) is 48.9 Å². The van der Waals surface area contributed by atoms with Crippen LogP contribution < -0.4 is 5.32 Å². The molecule has 1 aliphatic rings. The fourth-order valence-corrected chi connectivity index (χ4v) is 5.20. The first-order valence-electron chi connectivity index (χ1n) is 10.8. The fraction of sp³-hybridized carbons (Fsp3) is 0.240. The molecule has 4 rings (SSSR count). The number of halogens is 1. The summed E-state index contributed by atoms with van der Waals surface area (Å²) in [7, 11) is -3.48. The highest BCUT2D eigenvalue weighted by atomic mass is 32.2. The lowest BCUT2D eigenvalue weighted by Gasteiger charge is -2.34. The zero-order chi connectivity index (χ0) is 23.4. The number of nitrogens with one attached hydrogen (secondary N) is 1. The highest BCUT2D eigenvalue weighted by molar-refractivity contribution is 7.89.